The lowest BCUT2D eigenvalue weighted by Gasteiger charge is -2.35. The van der Waals surface area contributed by atoms with Crippen molar-refractivity contribution >= 4 is 29.1 Å². The summed E-state index contributed by atoms with van der Waals surface area (Å²) in [7, 11) is 0. The summed E-state index contributed by atoms with van der Waals surface area (Å²) in [5.41, 5.74) is 3.51. The van der Waals surface area contributed by atoms with Gasteiger partial charge in [-0.15, -0.1) is 0 Å². The molecule has 1 aliphatic rings. The normalized spacial score (nSPS) is 20.1. The number of rotatable bonds is 6. The fourth-order valence-electron chi connectivity index (χ4n) is 3.84. The number of nitrogens with zero attached hydrogens (tertiary/aromatic N) is 3. The minimum absolute atomic E-state index is 0.000699. The van der Waals surface area contributed by atoms with Crippen molar-refractivity contribution in [1.82, 2.24) is 20.0 Å². The number of nitrogens with one attached hydrogen (secondary N) is 1. The van der Waals surface area contributed by atoms with Gasteiger partial charge in [0.05, 0.1) is 40.1 Å². The zero-order valence-corrected chi connectivity index (χ0v) is 18.8. The molecule has 1 fully saturated rings. The van der Waals surface area contributed by atoms with Crippen LogP contribution in [0.1, 0.15) is 30.8 Å². The average molecular weight is 439 g/mol. The van der Waals surface area contributed by atoms with E-state index in [1.807, 2.05) is 19.9 Å². The number of hydrogen-bond donors (Lipinski definition) is 1. The van der Waals surface area contributed by atoms with Gasteiger partial charge >= 0.3 is 0 Å². The van der Waals surface area contributed by atoms with Crippen LogP contribution in [0.3, 0.4) is 0 Å². The van der Waals surface area contributed by atoms with Crippen LogP contribution in [-0.4, -0.2) is 59.0 Å². The predicted octanol–water partition coefficient (Wildman–Crippen LogP) is 3.56. The zero-order chi connectivity index (χ0) is 21.1. The van der Waals surface area contributed by atoms with Gasteiger partial charge in [-0.1, -0.05) is 23.2 Å². The molecular formula is C21H28Cl2N4O2. The summed E-state index contributed by atoms with van der Waals surface area (Å²) in [5, 5.41) is 8.59. The van der Waals surface area contributed by atoms with Crippen molar-refractivity contribution in [3.05, 3.63) is 45.2 Å². The fraction of sp³-hybridized carbons (Fsp3) is 0.524. The molecule has 0 aliphatic carbocycles. The van der Waals surface area contributed by atoms with Crippen LogP contribution in [0.2, 0.25) is 10.0 Å². The molecule has 2 atom stereocenters. The van der Waals surface area contributed by atoms with Crippen LogP contribution in [-0.2, 0) is 16.0 Å². The highest BCUT2D eigenvalue weighted by Crippen LogP contribution is 2.26. The Morgan fingerprint density at radius 3 is 2.55 bits per heavy atom. The number of carbonyl (C=O) groups excluding carboxylic acids is 1. The van der Waals surface area contributed by atoms with Gasteiger partial charge in [0.15, 0.2) is 0 Å². The van der Waals surface area contributed by atoms with E-state index < -0.39 is 0 Å². The van der Waals surface area contributed by atoms with E-state index in [1.54, 1.807) is 16.8 Å². The molecule has 158 valence electrons. The summed E-state index contributed by atoms with van der Waals surface area (Å²) in [4.78, 5) is 14.8. The van der Waals surface area contributed by atoms with Crippen LogP contribution in [0.15, 0.2) is 18.2 Å². The standard InChI is InChI=1S/C21H28Cl2N4O2/c1-13-11-26(12-14(2)29-13)8-7-24-21(28)10-18-15(3)25-27(16(18)4)17-5-6-19(22)20(23)9-17/h5-6,9,13-14H,7-8,10-12H2,1-4H3,(H,24,28). The lowest BCUT2D eigenvalue weighted by molar-refractivity contribution is -0.120. The molecule has 2 heterocycles. The molecule has 0 saturated carbocycles. The van der Waals surface area contributed by atoms with E-state index in [0.717, 1.165) is 42.3 Å². The third kappa shape index (κ3) is 5.51. The molecule has 0 radical (unpaired) electrons. The van der Waals surface area contributed by atoms with Gasteiger partial charge in [-0.2, -0.15) is 5.10 Å². The van der Waals surface area contributed by atoms with E-state index >= 15 is 0 Å². The Bertz CT molecular complexity index is 874. The van der Waals surface area contributed by atoms with E-state index in [2.05, 4.69) is 29.2 Å². The van der Waals surface area contributed by atoms with Gasteiger partial charge < -0.3 is 10.1 Å². The molecule has 1 N–H and O–H groups in total. The van der Waals surface area contributed by atoms with E-state index in [0.29, 0.717) is 23.0 Å². The van der Waals surface area contributed by atoms with E-state index in [-0.39, 0.29) is 18.1 Å². The summed E-state index contributed by atoms with van der Waals surface area (Å²) >= 11 is 12.1. The van der Waals surface area contributed by atoms with Gasteiger partial charge in [0, 0.05) is 37.4 Å². The summed E-state index contributed by atoms with van der Waals surface area (Å²) in [6.07, 6.45) is 0.758. The highest BCUT2D eigenvalue weighted by atomic mass is 35.5. The van der Waals surface area contributed by atoms with E-state index in [9.17, 15) is 4.79 Å². The number of morpholine rings is 1. The number of aryl methyl sites for hydroxylation is 1. The molecule has 29 heavy (non-hydrogen) atoms. The summed E-state index contributed by atoms with van der Waals surface area (Å²) in [6, 6.07) is 5.38. The molecule has 8 heteroatoms. The van der Waals surface area contributed by atoms with Crippen LogP contribution in [0.4, 0.5) is 0 Å². The monoisotopic (exact) mass is 438 g/mol. The summed E-state index contributed by atoms with van der Waals surface area (Å²) in [5.74, 6) is -0.000699. The van der Waals surface area contributed by atoms with Gasteiger partial charge in [0.1, 0.15) is 0 Å². The smallest absolute Gasteiger partial charge is 0.224 e. The Hall–Kier alpha value is -1.60. The molecule has 1 aliphatic heterocycles. The van der Waals surface area contributed by atoms with Gasteiger partial charge in [0.2, 0.25) is 5.91 Å². The minimum atomic E-state index is -0.000699. The number of carbonyl (C=O) groups is 1. The Morgan fingerprint density at radius 2 is 1.90 bits per heavy atom. The minimum Gasteiger partial charge on any atom is -0.373 e. The van der Waals surface area contributed by atoms with Crippen LogP contribution < -0.4 is 5.32 Å². The molecular weight excluding hydrogens is 411 g/mol. The SMILES string of the molecule is Cc1nn(-c2ccc(Cl)c(Cl)c2)c(C)c1CC(=O)NCCN1CC(C)OC(C)C1. The highest BCUT2D eigenvalue weighted by molar-refractivity contribution is 6.42. The number of amides is 1. The topological polar surface area (TPSA) is 59.4 Å². The third-order valence-electron chi connectivity index (χ3n) is 5.17. The molecule has 1 aromatic carbocycles. The van der Waals surface area contributed by atoms with Crippen molar-refractivity contribution in [2.24, 2.45) is 0 Å². The third-order valence-corrected chi connectivity index (χ3v) is 5.91. The molecule has 2 aromatic rings. The maximum absolute atomic E-state index is 12.5. The Kier molecular flexibility index (Phi) is 7.22. The van der Waals surface area contributed by atoms with Crippen molar-refractivity contribution in [3.63, 3.8) is 0 Å². The lowest BCUT2D eigenvalue weighted by Crippen LogP contribution is -2.48. The van der Waals surface area contributed by atoms with Crippen molar-refractivity contribution in [1.29, 1.82) is 0 Å². The lowest BCUT2D eigenvalue weighted by atomic mass is 10.1. The van der Waals surface area contributed by atoms with Gasteiger partial charge in [-0.25, -0.2) is 4.68 Å². The predicted molar refractivity (Wildman–Crippen MR) is 116 cm³/mol. The summed E-state index contributed by atoms with van der Waals surface area (Å²) < 4.78 is 7.55. The van der Waals surface area contributed by atoms with Crippen LogP contribution in [0.5, 0.6) is 0 Å². The van der Waals surface area contributed by atoms with E-state index in [4.69, 9.17) is 27.9 Å². The number of aromatic nitrogens is 2. The van der Waals surface area contributed by atoms with E-state index in [1.165, 1.54) is 0 Å². The van der Waals surface area contributed by atoms with Gasteiger partial charge in [-0.05, 0) is 45.9 Å². The van der Waals surface area contributed by atoms with Crippen molar-refractivity contribution in [2.75, 3.05) is 26.2 Å². The van der Waals surface area contributed by atoms with Crippen molar-refractivity contribution in [3.8, 4) is 5.69 Å². The maximum atomic E-state index is 12.5. The molecule has 1 amide bonds. The number of hydrogen-bond acceptors (Lipinski definition) is 4. The second-order valence-corrected chi connectivity index (χ2v) is 8.52. The molecule has 6 nitrogen and oxygen atoms in total. The van der Waals surface area contributed by atoms with Crippen molar-refractivity contribution < 1.29 is 9.53 Å². The number of benzene rings is 1. The van der Waals surface area contributed by atoms with Gasteiger partial charge in [-0.3, -0.25) is 9.69 Å². The average Bonchev–Trinajstić information content (AvgIpc) is 2.91. The Labute approximate surface area is 182 Å². The molecule has 0 bridgehead atoms. The van der Waals surface area contributed by atoms with Crippen LogP contribution in [0.25, 0.3) is 5.69 Å². The first-order valence-corrected chi connectivity index (χ1v) is 10.6. The maximum Gasteiger partial charge on any atom is 0.224 e. The first-order chi connectivity index (χ1) is 13.7. The fourth-order valence-corrected chi connectivity index (χ4v) is 4.13. The first-order valence-electron chi connectivity index (χ1n) is 9.89. The molecule has 1 saturated heterocycles. The Morgan fingerprint density at radius 1 is 1.21 bits per heavy atom. The first kappa shape index (κ1) is 22.1. The largest absolute Gasteiger partial charge is 0.373 e. The zero-order valence-electron chi connectivity index (χ0n) is 17.3. The quantitative estimate of drug-likeness (QED) is 0.748. The molecule has 1 aromatic heterocycles. The summed E-state index contributed by atoms with van der Waals surface area (Å²) in [6.45, 7) is 11.3. The second-order valence-electron chi connectivity index (χ2n) is 7.70. The number of ether oxygens (including phenoxy) is 1. The second kappa shape index (κ2) is 9.47. The van der Waals surface area contributed by atoms with Crippen LogP contribution >= 0.6 is 23.2 Å². The molecule has 3 rings (SSSR count). The molecule has 0 spiro atoms. The number of halogens is 2. The van der Waals surface area contributed by atoms with Crippen LogP contribution in [0, 0.1) is 13.8 Å². The van der Waals surface area contributed by atoms with Crippen molar-refractivity contribution in [2.45, 2.75) is 46.3 Å². The van der Waals surface area contributed by atoms with Gasteiger partial charge in [0.25, 0.3) is 0 Å². The Balaban J connectivity index is 1.59. The highest BCUT2D eigenvalue weighted by Gasteiger charge is 2.22. The molecule has 2 unspecified atom stereocenters.